The van der Waals surface area contributed by atoms with Crippen molar-refractivity contribution in [1.29, 1.82) is 0 Å². The summed E-state index contributed by atoms with van der Waals surface area (Å²) in [5.74, 6) is -3.55. The van der Waals surface area contributed by atoms with Crippen molar-refractivity contribution < 1.29 is 31.9 Å². The van der Waals surface area contributed by atoms with Gasteiger partial charge >= 0.3 is 5.97 Å². The number of rotatable bonds is 6. The normalized spacial score (nSPS) is 20.0. The number of piperidine rings is 1. The fraction of sp³-hybridized carbons (Fsp3) is 0.467. The summed E-state index contributed by atoms with van der Waals surface area (Å²) in [4.78, 5) is 22.8. The highest BCUT2D eigenvalue weighted by molar-refractivity contribution is 7.89. The molecule has 1 fully saturated rings. The van der Waals surface area contributed by atoms with E-state index < -0.39 is 46.4 Å². The highest BCUT2D eigenvalue weighted by Gasteiger charge is 2.34. The third-order valence-electron chi connectivity index (χ3n) is 3.98. The van der Waals surface area contributed by atoms with Gasteiger partial charge in [-0.05, 0) is 37.1 Å². The van der Waals surface area contributed by atoms with E-state index in [1.807, 2.05) is 0 Å². The van der Waals surface area contributed by atoms with Crippen LogP contribution in [0.1, 0.15) is 12.8 Å². The van der Waals surface area contributed by atoms with Crippen LogP contribution in [-0.2, 0) is 19.6 Å². The maximum absolute atomic E-state index is 13.0. The van der Waals surface area contributed by atoms with Crippen molar-refractivity contribution in [2.45, 2.75) is 23.8 Å². The van der Waals surface area contributed by atoms with Gasteiger partial charge in [0.25, 0.3) is 0 Å². The van der Waals surface area contributed by atoms with Gasteiger partial charge in [0.2, 0.25) is 15.9 Å². The molecule has 1 aromatic rings. The average Bonchev–Trinajstić information content (AvgIpc) is 2.59. The Balaban J connectivity index is 2.10. The number of carboxylic acid groups (broad SMARTS) is 1. The van der Waals surface area contributed by atoms with Gasteiger partial charge in [-0.3, -0.25) is 4.79 Å². The molecular formula is C15H18F2N2O5S. The van der Waals surface area contributed by atoms with Gasteiger partial charge in [0.1, 0.15) is 12.5 Å². The molecule has 0 spiro atoms. The Hall–Kier alpha value is -2.07. The van der Waals surface area contributed by atoms with Crippen LogP contribution in [0.2, 0.25) is 0 Å². The lowest BCUT2D eigenvalue weighted by atomic mass is 9.98. The molecule has 25 heavy (non-hydrogen) atoms. The predicted octanol–water partition coefficient (Wildman–Crippen LogP) is 0.765. The van der Waals surface area contributed by atoms with Crippen molar-refractivity contribution in [2.75, 3.05) is 19.8 Å². The topological polar surface area (TPSA) is 104 Å². The highest BCUT2D eigenvalue weighted by atomic mass is 32.2. The van der Waals surface area contributed by atoms with E-state index in [-0.39, 0.29) is 18.0 Å². The minimum absolute atomic E-state index is 0.0953. The molecule has 0 aromatic heterocycles. The van der Waals surface area contributed by atoms with Crippen LogP contribution in [0.15, 0.2) is 29.2 Å². The van der Waals surface area contributed by atoms with Gasteiger partial charge in [0, 0.05) is 13.1 Å². The highest BCUT2D eigenvalue weighted by Crippen LogP contribution is 2.24. The van der Waals surface area contributed by atoms with Crippen LogP contribution in [0.4, 0.5) is 8.78 Å². The van der Waals surface area contributed by atoms with Crippen molar-refractivity contribution in [3.8, 4) is 0 Å². The molecule has 1 aromatic carbocycles. The zero-order valence-corrected chi connectivity index (χ0v) is 14.0. The molecular weight excluding hydrogens is 358 g/mol. The maximum atomic E-state index is 13.0. The second-order valence-corrected chi connectivity index (χ2v) is 7.65. The SMILES string of the molecule is O=C(NC(CF)C(=O)O)C1CCCN(S(=O)(=O)c2ccc(F)cc2)C1. The maximum Gasteiger partial charge on any atom is 0.328 e. The first-order valence-corrected chi connectivity index (χ1v) is 9.04. The number of benzene rings is 1. The summed E-state index contributed by atoms with van der Waals surface area (Å²) in [6.45, 7) is -1.22. The number of carbonyl (C=O) groups is 2. The zero-order chi connectivity index (χ0) is 18.6. The third-order valence-corrected chi connectivity index (χ3v) is 5.85. The van der Waals surface area contributed by atoms with Crippen LogP contribution < -0.4 is 5.32 Å². The number of hydrogen-bond donors (Lipinski definition) is 2. The number of sulfonamides is 1. The lowest BCUT2D eigenvalue weighted by Crippen LogP contribution is -2.50. The van der Waals surface area contributed by atoms with E-state index in [1.165, 1.54) is 0 Å². The number of carbonyl (C=O) groups excluding carboxylic acids is 1. The van der Waals surface area contributed by atoms with Crippen molar-refractivity contribution in [3.63, 3.8) is 0 Å². The van der Waals surface area contributed by atoms with E-state index in [1.54, 1.807) is 0 Å². The second kappa shape index (κ2) is 7.87. The minimum atomic E-state index is -3.90. The number of carboxylic acids is 1. The van der Waals surface area contributed by atoms with Gasteiger partial charge in [-0.25, -0.2) is 22.0 Å². The number of halogens is 2. The van der Waals surface area contributed by atoms with Crippen LogP contribution in [-0.4, -0.2) is 55.5 Å². The number of hydrogen-bond acceptors (Lipinski definition) is 4. The molecule has 2 unspecified atom stereocenters. The number of alkyl halides is 1. The van der Waals surface area contributed by atoms with Gasteiger partial charge in [-0.15, -0.1) is 0 Å². The van der Waals surface area contributed by atoms with E-state index in [9.17, 15) is 26.8 Å². The summed E-state index contributed by atoms with van der Waals surface area (Å²) < 4.78 is 51.8. The van der Waals surface area contributed by atoms with E-state index in [2.05, 4.69) is 5.32 Å². The van der Waals surface area contributed by atoms with Crippen molar-refractivity contribution in [3.05, 3.63) is 30.1 Å². The van der Waals surface area contributed by atoms with Crippen LogP contribution >= 0.6 is 0 Å². The summed E-state index contributed by atoms with van der Waals surface area (Å²) in [6.07, 6.45) is 0.756. The summed E-state index contributed by atoms with van der Waals surface area (Å²) >= 11 is 0. The molecule has 1 amide bonds. The van der Waals surface area contributed by atoms with E-state index in [4.69, 9.17) is 5.11 Å². The molecule has 0 radical (unpaired) electrons. The molecule has 0 bridgehead atoms. The quantitative estimate of drug-likeness (QED) is 0.763. The molecule has 2 N–H and O–H groups in total. The predicted molar refractivity (Wildman–Crippen MR) is 83.4 cm³/mol. The van der Waals surface area contributed by atoms with Gasteiger partial charge in [0.05, 0.1) is 10.8 Å². The molecule has 10 heteroatoms. The third kappa shape index (κ3) is 4.51. The van der Waals surface area contributed by atoms with Gasteiger partial charge in [0.15, 0.2) is 6.04 Å². The first kappa shape index (κ1) is 19.3. The summed E-state index contributed by atoms with van der Waals surface area (Å²) in [7, 11) is -3.90. The molecule has 2 atom stereocenters. The largest absolute Gasteiger partial charge is 0.480 e. The molecule has 7 nitrogen and oxygen atoms in total. The Morgan fingerprint density at radius 1 is 1.32 bits per heavy atom. The smallest absolute Gasteiger partial charge is 0.328 e. The molecule has 1 saturated heterocycles. The van der Waals surface area contributed by atoms with E-state index >= 15 is 0 Å². The molecule has 1 aliphatic heterocycles. The second-order valence-electron chi connectivity index (χ2n) is 5.71. The van der Waals surface area contributed by atoms with Crippen molar-refractivity contribution in [1.82, 2.24) is 9.62 Å². The number of nitrogens with zero attached hydrogens (tertiary/aromatic N) is 1. The number of aliphatic carboxylic acids is 1. The Bertz CT molecular complexity index is 739. The van der Waals surface area contributed by atoms with E-state index in [0.29, 0.717) is 12.8 Å². The Labute approximate surface area is 143 Å². The summed E-state index contributed by atoms with van der Waals surface area (Å²) in [5, 5.41) is 10.9. The monoisotopic (exact) mass is 376 g/mol. The lowest BCUT2D eigenvalue weighted by molar-refractivity contribution is -0.143. The molecule has 1 heterocycles. The first-order chi connectivity index (χ1) is 11.8. The van der Waals surface area contributed by atoms with Crippen LogP contribution in [0.3, 0.4) is 0 Å². The first-order valence-electron chi connectivity index (χ1n) is 7.60. The standard InChI is InChI=1S/C15H18F2N2O5S/c16-8-13(15(21)22)18-14(20)10-2-1-7-19(9-10)25(23,24)12-5-3-11(17)4-6-12/h3-6,10,13H,1-2,7-9H2,(H,18,20)(H,21,22). The van der Waals surface area contributed by atoms with Crippen LogP contribution in [0.5, 0.6) is 0 Å². The zero-order valence-electron chi connectivity index (χ0n) is 13.2. The van der Waals surface area contributed by atoms with Gasteiger partial charge in [-0.1, -0.05) is 0 Å². The molecule has 138 valence electrons. The Kier molecular flexibility index (Phi) is 6.07. The van der Waals surface area contributed by atoms with Crippen molar-refractivity contribution >= 4 is 21.9 Å². The van der Waals surface area contributed by atoms with Gasteiger partial charge in [-0.2, -0.15) is 4.31 Å². The Morgan fingerprint density at radius 3 is 2.52 bits per heavy atom. The Morgan fingerprint density at radius 2 is 1.96 bits per heavy atom. The molecule has 0 saturated carbocycles. The average molecular weight is 376 g/mol. The molecule has 0 aliphatic carbocycles. The van der Waals surface area contributed by atoms with Crippen molar-refractivity contribution in [2.24, 2.45) is 5.92 Å². The summed E-state index contributed by atoms with van der Waals surface area (Å²) in [5.41, 5.74) is 0. The fourth-order valence-corrected chi connectivity index (χ4v) is 4.11. The lowest BCUT2D eigenvalue weighted by Gasteiger charge is -2.31. The van der Waals surface area contributed by atoms with Gasteiger partial charge < -0.3 is 10.4 Å². The van der Waals surface area contributed by atoms with Crippen LogP contribution in [0.25, 0.3) is 0 Å². The number of amides is 1. The number of nitrogens with one attached hydrogen (secondary N) is 1. The minimum Gasteiger partial charge on any atom is -0.480 e. The molecule has 1 aliphatic rings. The van der Waals surface area contributed by atoms with Crippen LogP contribution in [0, 0.1) is 11.7 Å². The molecule has 2 rings (SSSR count). The summed E-state index contributed by atoms with van der Waals surface area (Å²) in [6, 6.07) is 2.67. The fourth-order valence-electron chi connectivity index (χ4n) is 2.59. The van der Waals surface area contributed by atoms with E-state index in [0.717, 1.165) is 28.6 Å².